The van der Waals surface area contributed by atoms with E-state index in [0.29, 0.717) is 5.69 Å². The number of rotatable bonds is 8. The van der Waals surface area contributed by atoms with E-state index in [9.17, 15) is 4.79 Å². The van der Waals surface area contributed by atoms with Crippen LogP contribution in [0.4, 0.5) is 0 Å². The third-order valence-corrected chi connectivity index (χ3v) is 4.89. The zero-order chi connectivity index (χ0) is 17.4. The molecule has 0 atom stereocenters. The van der Waals surface area contributed by atoms with Crippen LogP contribution >= 0.6 is 0 Å². The SMILES string of the molecule is CCN(CC)Cc1ccc(C(=O)N(C)CCN2CCCCC2)nc1. The largest absolute Gasteiger partial charge is 0.339 e. The molecule has 0 aliphatic carbocycles. The number of pyridine rings is 1. The number of carbonyl (C=O) groups is 1. The van der Waals surface area contributed by atoms with Crippen molar-refractivity contribution in [2.24, 2.45) is 0 Å². The summed E-state index contributed by atoms with van der Waals surface area (Å²) in [6, 6.07) is 3.88. The van der Waals surface area contributed by atoms with Gasteiger partial charge < -0.3 is 9.80 Å². The van der Waals surface area contributed by atoms with Crippen molar-refractivity contribution in [1.82, 2.24) is 19.7 Å². The first kappa shape index (κ1) is 18.9. The lowest BCUT2D eigenvalue weighted by Gasteiger charge is -2.28. The molecular formula is C19H32N4O. The molecule has 24 heavy (non-hydrogen) atoms. The van der Waals surface area contributed by atoms with Gasteiger partial charge in [-0.05, 0) is 50.7 Å². The van der Waals surface area contributed by atoms with Crippen LogP contribution in [0.3, 0.4) is 0 Å². The van der Waals surface area contributed by atoms with Crippen LogP contribution in [-0.4, -0.2) is 71.9 Å². The first-order valence-corrected chi connectivity index (χ1v) is 9.29. The number of piperidine rings is 1. The zero-order valence-electron chi connectivity index (χ0n) is 15.5. The Balaban J connectivity index is 1.84. The van der Waals surface area contributed by atoms with Crippen LogP contribution in [-0.2, 0) is 6.54 Å². The first-order chi connectivity index (χ1) is 11.6. The molecular weight excluding hydrogens is 300 g/mol. The van der Waals surface area contributed by atoms with E-state index in [-0.39, 0.29) is 5.91 Å². The van der Waals surface area contributed by atoms with Gasteiger partial charge in [0.15, 0.2) is 0 Å². The summed E-state index contributed by atoms with van der Waals surface area (Å²) in [6.45, 7) is 11.3. The van der Waals surface area contributed by atoms with Crippen molar-refractivity contribution in [3.63, 3.8) is 0 Å². The van der Waals surface area contributed by atoms with Crippen LogP contribution < -0.4 is 0 Å². The summed E-state index contributed by atoms with van der Waals surface area (Å²) in [5.74, 6) is 0.0152. The molecule has 1 amide bonds. The molecule has 0 radical (unpaired) electrons. The highest BCUT2D eigenvalue weighted by Crippen LogP contribution is 2.09. The van der Waals surface area contributed by atoms with Crippen molar-refractivity contribution < 1.29 is 4.79 Å². The van der Waals surface area contributed by atoms with E-state index in [1.165, 1.54) is 32.4 Å². The van der Waals surface area contributed by atoms with Gasteiger partial charge in [0.2, 0.25) is 0 Å². The maximum Gasteiger partial charge on any atom is 0.272 e. The molecule has 5 nitrogen and oxygen atoms in total. The first-order valence-electron chi connectivity index (χ1n) is 9.29. The second kappa shape index (κ2) is 9.74. The molecule has 2 rings (SSSR count). The van der Waals surface area contributed by atoms with Crippen LogP contribution in [0.2, 0.25) is 0 Å². The van der Waals surface area contributed by atoms with E-state index < -0.39 is 0 Å². The minimum atomic E-state index is 0.0152. The van der Waals surface area contributed by atoms with Gasteiger partial charge in [-0.15, -0.1) is 0 Å². The molecule has 0 saturated carbocycles. The van der Waals surface area contributed by atoms with E-state index in [0.717, 1.165) is 38.3 Å². The van der Waals surface area contributed by atoms with Crippen molar-refractivity contribution in [2.45, 2.75) is 39.7 Å². The summed E-state index contributed by atoms with van der Waals surface area (Å²) in [5, 5.41) is 0. The topological polar surface area (TPSA) is 39.7 Å². The van der Waals surface area contributed by atoms with Gasteiger partial charge in [0, 0.05) is 32.9 Å². The Bertz CT molecular complexity index is 493. The van der Waals surface area contributed by atoms with Gasteiger partial charge in [0.1, 0.15) is 5.69 Å². The lowest BCUT2D eigenvalue weighted by Crippen LogP contribution is -2.38. The van der Waals surface area contributed by atoms with Gasteiger partial charge in [-0.1, -0.05) is 26.3 Å². The van der Waals surface area contributed by atoms with E-state index in [1.807, 2.05) is 25.4 Å². The van der Waals surface area contributed by atoms with Crippen molar-refractivity contribution in [3.8, 4) is 0 Å². The molecule has 2 heterocycles. The number of hydrogen-bond donors (Lipinski definition) is 0. The molecule has 1 fully saturated rings. The third kappa shape index (κ3) is 5.56. The Hall–Kier alpha value is -1.46. The summed E-state index contributed by atoms with van der Waals surface area (Å²) in [6.07, 6.45) is 5.75. The highest BCUT2D eigenvalue weighted by Gasteiger charge is 2.16. The normalized spacial score (nSPS) is 15.7. The minimum Gasteiger partial charge on any atom is -0.339 e. The number of likely N-dealkylation sites (N-methyl/N-ethyl adjacent to an activating group) is 1. The standard InChI is InChI=1S/C19H32N4O/c1-4-22(5-2)16-17-9-10-18(20-15-17)19(24)21(3)13-14-23-11-7-6-8-12-23/h9-10,15H,4-8,11-14,16H2,1-3H3. The second-order valence-corrected chi connectivity index (χ2v) is 6.64. The predicted octanol–water partition coefficient (Wildman–Crippen LogP) is 2.48. The number of nitrogens with zero attached hydrogens (tertiary/aromatic N) is 4. The highest BCUT2D eigenvalue weighted by molar-refractivity contribution is 5.92. The third-order valence-electron chi connectivity index (χ3n) is 4.89. The van der Waals surface area contributed by atoms with Crippen molar-refractivity contribution in [1.29, 1.82) is 0 Å². The average molecular weight is 332 g/mol. The Labute approximate surface area is 146 Å². The van der Waals surface area contributed by atoms with Crippen LogP contribution in [0.1, 0.15) is 49.2 Å². The van der Waals surface area contributed by atoms with Gasteiger partial charge in [0.25, 0.3) is 5.91 Å². The molecule has 1 saturated heterocycles. The molecule has 0 aromatic carbocycles. The summed E-state index contributed by atoms with van der Waals surface area (Å²) < 4.78 is 0. The molecule has 1 aliphatic heterocycles. The molecule has 5 heteroatoms. The predicted molar refractivity (Wildman–Crippen MR) is 98.1 cm³/mol. The Morgan fingerprint density at radius 1 is 1.17 bits per heavy atom. The number of carbonyl (C=O) groups excluding carboxylic acids is 1. The van der Waals surface area contributed by atoms with Crippen LogP contribution in [0.15, 0.2) is 18.3 Å². The lowest BCUT2D eigenvalue weighted by molar-refractivity contribution is 0.0767. The quantitative estimate of drug-likeness (QED) is 0.733. The van der Waals surface area contributed by atoms with Crippen molar-refractivity contribution in [2.75, 3.05) is 46.3 Å². The molecule has 0 unspecified atom stereocenters. The highest BCUT2D eigenvalue weighted by atomic mass is 16.2. The summed E-state index contributed by atoms with van der Waals surface area (Å²) in [5.41, 5.74) is 1.70. The van der Waals surface area contributed by atoms with Crippen LogP contribution in [0.25, 0.3) is 0 Å². The second-order valence-electron chi connectivity index (χ2n) is 6.64. The van der Waals surface area contributed by atoms with E-state index in [2.05, 4.69) is 28.6 Å². The van der Waals surface area contributed by atoms with Crippen molar-refractivity contribution in [3.05, 3.63) is 29.6 Å². The number of amides is 1. The number of aromatic nitrogens is 1. The fourth-order valence-corrected chi connectivity index (χ4v) is 3.12. The molecule has 1 aliphatic rings. The molecule has 1 aromatic heterocycles. The van der Waals surface area contributed by atoms with Gasteiger partial charge in [-0.2, -0.15) is 0 Å². The molecule has 1 aromatic rings. The minimum absolute atomic E-state index is 0.0152. The summed E-state index contributed by atoms with van der Waals surface area (Å²) in [7, 11) is 1.87. The van der Waals surface area contributed by atoms with Crippen LogP contribution in [0.5, 0.6) is 0 Å². The number of hydrogen-bond acceptors (Lipinski definition) is 4. The monoisotopic (exact) mass is 332 g/mol. The van der Waals surface area contributed by atoms with Crippen molar-refractivity contribution >= 4 is 5.91 Å². The smallest absolute Gasteiger partial charge is 0.272 e. The summed E-state index contributed by atoms with van der Waals surface area (Å²) >= 11 is 0. The van der Waals surface area contributed by atoms with Gasteiger partial charge in [-0.3, -0.25) is 14.7 Å². The van der Waals surface area contributed by atoms with Gasteiger partial charge >= 0.3 is 0 Å². The Morgan fingerprint density at radius 3 is 2.46 bits per heavy atom. The Kier molecular flexibility index (Phi) is 7.66. The fraction of sp³-hybridized carbons (Fsp3) is 0.684. The molecule has 0 spiro atoms. The average Bonchev–Trinajstić information content (AvgIpc) is 2.65. The van der Waals surface area contributed by atoms with Crippen LogP contribution in [0, 0.1) is 0 Å². The molecule has 0 bridgehead atoms. The van der Waals surface area contributed by atoms with E-state index in [4.69, 9.17) is 0 Å². The zero-order valence-corrected chi connectivity index (χ0v) is 15.5. The number of likely N-dealkylation sites (tertiary alicyclic amines) is 1. The summed E-state index contributed by atoms with van der Waals surface area (Å²) in [4.78, 5) is 23.5. The Morgan fingerprint density at radius 2 is 1.88 bits per heavy atom. The fourth-order valence-electron chi connectivity index (χ4n) is 3.12. The molecule has 0 N–H and O–H groups in total. The van der Waals surface area contributed by atoms with Gasteiger partial charge in [-0.25, -0.2) is 0 Å². The van der Waals surface area contributed by atoms with E-state index in [1.54, 1.807) is 4.90 Å². The maximum atomic E-state index is 12.5. The van der Waals surface area contributed by atoms with Gasteiger partial charge in [0.05, 0.1) is 0 Å². The molecule has 134 valence electrons. The maximum absolute atomic E-state index is 12.5. The lowest BCUT2D eigenvalue weighted by atomic mass is 10.1. The van der Waals surface area contributed by atoms with E-state index >= 15 is 0 Å².